The molecule has 2 atom stereocenters. The number of hydrogen-bond donors (Lipinski definition) is 1. The van der Waals surface area contributed by atoms with Crippen LogP contribution in [0.25, 0.3) is 0 Å². The van der Waals surface area contributed by atoms with E-state index in [9.17, 15) is 4.79 Å². The summed E-state index contributed by atoms with van der Waals surface area (Å²) in [7, 11) is 1.71. The highest BCUT2D eigenvalue weighted by atomic mass is 16.5. The van der Waals surface area contributed by atoms with Crippen LogP contribution in [-0.2, 0) is 4.79 Å². The Morgan fingerprint density at radius 2 is 1.64 bits per heavy atom. The standard InChI is InChI=1S/C23H31N3O2/c1-18(20-9-5-4-6-10-20)17-24-23(27)19(2)25-13-15-26(16-14-25)21-11-7-8-12-22(21)28-3/h4-12,18-19H,13-17H2,1-3H3,(H,24,27). The van der Waals surface area contributed by atoms with Gasteiger partial charge in [-0.05, 0) is 30.5 Å². The summed E-state index contributed by atoms with van der Waals surface area (Å²) in [6, 6.07) is 18.3. The minimum absolute atomic E-state index is 0.105. The molecular weight excluding hydrogens is 350 g/mol. The molecule has 150 valence electrons. The largest absolute Gasteiger partial charge is 0.495 e. The van der Waals surface area contributed by atoms with Gasteiger partial charge in [-0.3, -0.25) is 9.69 Å². The second-order valence-electron chi connectivity index (χ2n) is 7.43. The molecule has 0 spiro atoms. The molecule has 1 N–H and O–H groups in total. The fourth-order valence-corrected chi connectivity index (χ4v) is 3.71. The van der Waals surface area contributed by atoms with E-state index in [1.807, 2.05) is 43.3 Å². The first-order valence-corrected chi connectivity index (χ1v) is 10.0. The molecule has 1 aliphatic rings. The topological polar surface area (TPSA) is 44.8 Å². The smallest absolute Gasteiger partial charge is 0.237 e. The van der Waals surface area contributed by atoms with Crippen molar-refractivity contribution in [2.45, 2.75) is 25.8 Å². The predicted molar refractivity (Wildman–Crippen MR) is 114 cm³/mol. The average Bonchev–Trinajstić information content (AvgIpc) is 2.77. The molecule has 5 heteroatoms. The number of anilines is 1. The van der Waals surface area contributed by atoms with Crippen LogP contribution in [0.5, 0.6) is 5.75 Å². The monoisotopic (exact) mass is 381 g/mol. The van der Waals surface area contributed by atoms with Gasteiger partial charge in [0.25, 0.3) is 0 Å². The number of ether oxygens (including phenoxy) is 1. The highest BCUT2D eigenvalue weighted by Crippen LogP contribution is 2.28. The number of carbonyl (C=O) groups excluding carboxylic acids is 1. The molecule has 1 heterocycles. The van der Waals surface area contributed by atoms with Gasteiger partial charge in [0.15, 0.2) is 0 Å². The minimum atomic E-state index is -0.122. The second kappa shape index (κ2) is 9.60. The van der Waals surface area contributed by atoms with E-state index < -0.39 is 0 Å². The van der Waals surface area contributed by atoms with Gasteiger partial charge in [-0.25, -0.2) is 0 Å². The third-order valence-corrected chi connectivity index (χ3v) is 5.62. The summed E-state index contributed by atoms with van der Waals surface area (Å²) in [5.41, 5.74) is 2.37. The molecule has 1 saturated heterocycles. The molecular formula is C23H31N3O2. The molecule has 2 aromatic rings. The first kappa shape index (κ1) is 20.2. The molecule has 28 heavy (non-hydrogen) atoms. The summed E-state index contributed by atoms with van der Waals surface area (Å²) in [5.74, 6) is 1.31. The van der Waals surface area contributed by atoms with Crippen LogP contribution in [0.2, 0.25) is 0 Å². The van der Waals surface area contributed by atoms with E-state index in [1.165, 1.54) is 5.56 Å². The van der Waals surface area contributed by atoms with Crippen molar-refractivity contribution < 1.29 is 9.53 Å². The number of carbonyl (C=O) groups is 1. The van der Waals surface area contributed by atoms with Crippen molar-refractivity contribution in [3.8, 4) is 5.75 Å². The van der Waals surface area contributed by atoms with Crippen LogP contribution >= 0.6 is 0 Å². The van der Waals surface area contributed by atoms with Crippen LogP contribution in [0.3, 0.4) is 0 Å². The summed E-state index contributed by atoms with van der Waals surface area (Å²) in [6.45, 7) is 8.31. The van der Waals surface area contributed by atoms with E-state index in [0.717, 1.165) is 37.6 Å². The number of hydrogen-bond acceptors (Lipinski definition) is 4. The molecule has 0 bridgehead atoms. The number of para-hydroxylation sites is 2. The Bertz CT molecular complexity index is 757. The maximum Gasteiger partial charge on any atom is 0.237 e. The molecule has 3 rings (SSSR count). The fourth-order valence-electron chi connectivity index (χ4n) is 3.71. The minimum Gasteiger partial charge on any atom is -0.495 e. The van der Waals surface area contributed by atoms with Crippen LogP contribution in [0.1, 0.15) is 25.3 Å². The van der Waals surface area contributed by atoms with Gasteiger partial charge in [-0.15, -0.1) is 0 Å². The molecule has 2 unspecified atom stereocenters. The maximum absolute atomic E-state index is 12.6. The third kappa shape index (κ3) is 4.84. The molecule has 0 saturated carbocycles. The lowest BCUT2D eigenvalue weighted by molar-refractivity contribution is -0.126. The van der Waals surface area contributed by atoms with Gasteiger partial charge in [0.2, 0.25) is 5.91 Å². The van der Waals surface area contributed by atoms with Gasteiger partial charge in [0.05, 0.1) is 18.8 Å². The first-order chi connectivity index (χ1) is 13.6. The molecule has 0 radical (unpaired) electrons. The van der Waals surface area contributed by atoms with Gasteiger partial charge in [-0.1, -0.05) is 49.4 Å². The summed E-state index contributed by atoms with van der Waals surface area (Å²) < 4.78 is 5.48. The average molecular weight is 382 g/mol. The van der Waals surface area contributed by atoms with Gasteiger partial charge in [0, 0.05) is 32.7 Å². The number of nitrogens with zero attached hydrogens (tertiary/aromatic N) is 2. The van der Waals surface area contributed by atoms with Crippen molar-refractivity contribution in [2.75, 3.05) is 44.7 Å². The Kier molecular flexibility index (Phi) is 6.93. The number of benzene rings is 2. The zero-order valence-corrected chi connectivity index (χ0v) is 17.1. The summed E-state index contributed by atoms with van der Waals surface area (Å²) in [6.07, 6.45) is 0. The Hall–Kier alpha value is -2.53. The van der Waals surface area contributed by atoms with E-state index >= 15 is 0 Å². The quantitative estimate of drug-likeness (QED) is 0.800. The van der Waals surface area contributed by atoms with Crippen molar-refractivity contribution in [1.29, 1.82) is 0 Å². The lowest BCUT2D eigenvalue weighted by Gasteiger charge is -2.39. The SMILES string of the molecule is COc1ccccc1N1CCN(C(C)C(=O)NCC(C)c2ccccc2)CC1. The van der Waals surface area contributed by atoms with Crippen LogP contribution in [0.4, 0.5) is 5.69 Å². The molecule has 1 aliphatic heterocycles. The van der Waals surface area contributed by atoms with Crippen LogP contribution < -0.4 is 15.0 Å². The zero-order chi connectivity index (χ0) is 19.9. The summed E-state index contributed by atoms with van der Waals surface area (Å²) in [5, 5.41) is 3.12. The summed E-state index contributed by atoms with van der Waals surface area (Å²) in [4.78, 5) is 17.2. The molecule has 2 aromatic carbocycles. The highest BCUT2D eigenvalue weighted by molar-refractivity contribution is 5.81. The number of piperazine rings is 1. The van der Waals surface area contributed by atoms with E-state index in [4.69, 9.17) is 4.74 Å². The van der Waals surface area contributed by atoms with E-state index in [-0.39, 0.29) is 11.9 Å². The highest BCUT2D eigenvalue weighted by Gasteiger charge is 2.26. The van der Waals surface area contributed by atoms with Crippen LogP contribution in [0.15, 0.2) is 54.6 Å². The lowest BCUT2D eigenvalue weighted by Crippen LogP contribution is -2.54. The maximum atomic E-state index is 12.6. The van der Waals surface area contributed by atoms with Crippen molar-refractivity contribution in [1.82, 2.24) is 10.2 Å². The van der Waals surface area contributed by atoms with Crippen LogP contribution in [-0.4, -0.2) is 56.7 Å². The first-order valence-electron chi connectivity index (χ1n) is 10.0. The number of nitrogens with one attached hydrogen (secondary N) is 1. The van der Waals surface area contributed by atoms with Gasteiger partial charge >= 0.3 is 0 Å². The molecule has 5 nitrogen and oxygen atoms in total. The van der Waals surface area contributed by atoms with Crippen molar-refractivity contribution in [2.24, 2.45) is 0 Å². The van der Waals surface area contributed by atoms with Crippen molar-refractivity contribution in [3.63, 3.8) is 0 Å². The number of methoxy groups -OCH3 is 1. The van der Waals surface area contributed by atoms with Crippen LogP contribution in [0, 0.1) is 0 Å². The van der Waals surface area contributed by atoms with Crippen molar-refractivity contribution in [3.05, 3.63) is 60.2 Å². The Morgan fingerprint density at radius 1 is 1.00 bits per heavy atom. The molecule has 0 aliphatic carbocycles. The Balaban J connectivity index is 1.49. The van der Waals surface area contributed by atoms with Gasteiger partial charge in [0.1, 0.15) is 5.75 Å². The zero-order valence-electron chi connectivity index (χ0n) is 17.1. The van der Waals surface area contributed by atoms with Gasteiger partial charge in [-0.2, -0.15) is 0 Å². The Morgan fingerprint density at radius 3 is 2.32 bits per heavy atom. The molecule has 0 aromatic heterocycles. The summed E-state index contributed by atoms with van der Waals surface area (Å²) >= 11 is 0. The van der Waals surface area contributed by atoms with E-state index in [1.54, 1.807) is 7.11 Å². The number of rotatable bonds is 7. The van der Waals surface area contributed by atoms with E-state index in [2.05, 4.69) is 40.2 Å². The lowest BCUT2D eigenvalue weighted by atomic mass is 10.0. The van der Waals surface area contributed by atoms with E-state index in [0.29, 0.717) is 12.5 Å². The fraction of sp³-hybridized carbons (Fsp3) is 0.435. The molecule has 1 fully saturated rings. The van der Waals surface area contributed by atoms with Crippen molar-refractivity contribution >= 4 is 11.6 Å². The normalized spacial score (nSPS) is 17.0. The third-order valence-electron chi connectivity index (χ3n) is 5.62. The number of amides is 1. The van der Waals surface area contributed by atoms with Gasteiger partial charge < -0.3 is 15.0 Å². The second-order valence-corrected chi connectivity index (χ2v) is 7.43. The molecule has 1 amide bonds. The predicted octanol–water partition coefficient (Wildman–Crippen LogP) is 3.13. The Labute approximate surface area is 168 Å².